The van der Waals surface area contributed by atoms with Gasteiger partial charge in [0.15, 0.2) is 0 Å². The standard InChI is InChI=1S/C32H33N3O7/c1-21(36)33-29-17-18-35(31(38)34-29)30-19-27(37)28(42-30)20-41-32(22-7-5-4-6-8-22,23-9-13-25(39-2)14-10-23)24-11-15-26(40-3)16-12-24/h4-18,27-28,30,37H,19-20H2,1-3H3,(H,33,34,36,38)/t27?,28-,30-/m1/s1. The van der Waals surface area contributed by atoms with Crippen molar-refractivity contribution in [2.75, 3.05) is 26.1 Å². The van der Waals surface area contributed by atoms with Crippen LogP contribution in [0.4, 0.5) is 5.82 Å². The van der Waals surface area contributed by atoms with E-state index in [0.29, 0.717) is 11.5 Å². The van der Waals surface area contributed by atoms with E-state index in [0.717, 1.165) is 16.7 Å². The summed E-state index contributed by atoms with van der Waals surface area (Å²) in [5.74, 6) is 1.22. The molecular weight excluding hydrogens is 538 g/mol. The quantitative estimate of drug-likeness (QED) is 0.275. The number of amides is 1. The molecule has 1 amide bonds. The fourth-order valence-corrected chi connectivity index (χ4v) is 5.20. The molecule has 5 rings (SSSR count). The Morgan fingerprint density at radius 3 is 2.05 bits per heavy atom. The van der Waals surface area contributed by atoms with E-state index in [1.807, 2.05) is 78.9 Å². The highest BCUT2D eigenvalue weighted by Crippen LogP contribution is 2.42. The number of methoxy groups -OCH3 is 2. The number of aliphatic hydroxyl groups is 1. The van der Waals surface area contributed by atoms with Crippen LogP contribution in [0.5, 0.6) is 11.5 Å². The number of carbonyl (C=O) groups is 1. The second-order valence-corrected chi connectivity index (χ2v) is 9.93. The van der Waals surface area contributed by atoms with Crippen molar-refractivity contribution in [1.82, 2.24) is 9.55 Å². The van der Waals surface area contributed by atoms with Gasteiger partial charge >= 0.3 is 5.69 Å². The summed E-state index contributed by atoms with van der Waals surface area (Å²) >= 11 is 0. The van der Waals surface area contributed by atoms with E-state index in [1.54, 1.807) is 14.2 Å². The molecule has 3 atom stereocenters. The van der Waals surface area contributed by atoms with E-state index >= 15 is 0 Å². The van der Waals surface area contributed by atoms with Crippen molar-refractivity contribution < 1.29 is 28.8 Å². The van der Waals surface area contributed by atoms with Gasteiger partial charge in [0.1, 0.15) is 35.2 Å². The van der Waals surface area contributed by atoms with E-state index in [9.17, 15) is 14.7 Å². The number of aromatic nitrogens is 2. The van der Waals surface area contributed by atoms with Gasteiger partial charge in [-0.2, -0.15) is 4.98 Å². The number of aliphatic hydroxyl groups excluding tert-OH is 1. The Balaban J connectivity index is 1.49. The van der Waals surface area contributed by atoms with Crippen LogP contribution in [0.2, 0.25) is 0 Å². The van der Waals surface area contributed by atoms with Gasteiger partial charge in [-0.15, -0.1) is 0 Å². The number of hydrogen-bond donors (Lipinski definition) is 2. The highest BCUT2D eigenvalue weighted by Gasteiger charge is 2.42. The lowest BCUT2D eigenvalue weighted by atomic mass is 9.80. The van der Waals surface area contributed by atoms with Gasteiger partial charge in [-0.25, -0.2) is 4.79 Å². The van der Waals surface area contributed by atoms with E-state index in [-0.39, 0.29) is 24.8 Å². The Morgan fingerprint density at radius 1 is 0.952 bits per heavy atom. The Morgan fingerprint density at radius 2 is 1.52 bits per heavy atom. The Bertz CT molecular complexity index is 1510. The molecule has 1 fully saturated rings. The molecule has 0 radical (unpaired) electrons. The molecule has 1 unspecified atom stereocenters. The maximum Gasteiger partial charge on any atom is 0.351 e. The van der Waals surface area contributed by atoms with E-state index in [2.05, 4.69) is 10.3 Å². The minimum atomic E-state index is -1.08. The van der Waals surface area contributed by atoms with Crippen molar-refractivity contribution in [2.45, 2.75) is 37.4 Å². The molecular formula is C32H33N3O7. The van der Waals surface area contributed by atoms with Gasteiger partial charge in [0.25, 0.3) is 0 Å². The topological polar surface area (TPSA) is 121 Å². The van der Waals surface area contributed by atoms with Crippen LogP contribution in [0.25, 0.3) is 0 Å². The van der Waals surface area contributed by atoms with E-state index in [4.69, 9.17) is 18.9 Å². The molecule has 0 saturated carbocycles. The molecule has 0 aliphatic carbocycles. The van der Waals surface area contributed by atoms with Crippen molar-refractivity contribution in [3.63, 3.8) is 0 Å². The summed E-state index contributed by atoms with van der Waals surface area (Å²) in [7, 11) is 3.23. The second-order valence-electron chi connectivity index (χ2n) is 9.93. The average Bonchev–Trinajstić information content (AvgIpc) is 3.38. The lowest BCUT2D eigenvalue weighted by Gasteiger charge is -2.37. The van der Waals surface area contributed by atoms with Crippen LogP contribution in [0.15, 0.2) is 95.9 Å². The van der Waals surface area contributed by atoms with Crippen molar-refractivity contribution >= 4 is 11.7 Å². The van der Waals surface area contributed by atoms with Crippen molar-refractivity contribution in [3.05, 3.63) is 118 Å². The lowest BCUT2D eigenvalue weighted by molar-refractivity contribution is -0.114. The van der Waals surface area contributed by atoms with Crippen LogP contribution in [0.3, 0.4) is 0 Å². The first kappa shape index (κ1) is 29.0. The molecule has 218 valence electrons. The zero-order valence-corrected chi connectivity index (χ0v) is 23.6. The Kier molecular flexibility index (Phi) is 8.67. The molecule has 2 heterocycles. The van der Waals surface area contributed by atoms with Crippen LogP contribution in [0.1, 0.15) is 36.3 Å². The van der Waals surface area contributed by atoms with Gasteiger partial charge < -0.3 is 29.4 Å². The monoisotopic (exact) mass is 571 g/mol. The zero-order valence-electron chi connectivity index (χ0n) is 23.6. The smallest absolute Gasteiger partial charge is 0.351 e. The van der Waals surface area contributed by atoms with Gasteiger partial charge in [0, 0.05) is 19.5 Å². The third-order valence-corrected chi connectivity index (χ3v) is 7.29. The summed E-state index contributed by atoms with van der Waals surface area (Å²) in [5.41, 5.74) is 0.878. The number of nitrogens with zero attached hydrogens (tertiary/aromatic N) is 2. The number of rotatable bonds is 10. The number of benzene rings is 3. The first-order valence-electron chi connectivity index (χ1n) is 13.5. The molecule has 10 heteroatoms. The van der Waals surface area contributed by atoms with E-state index in [1.165, 1.54) is 23.8 Å². The molecule has 1 saturated heterocycles. The number of ether oxygens (including phenoxy) is 4. The molecule has 1 aliphatic rings. The fourth-order valence-electron chi connectivity index (χ4n) is 5.20. The van der Waals surface area contributed by atoms with Crippen LogP contribution in [0, 0.1) is 0 Å². The van der Waals surface area contributed by atoms with Gasteiger partial charge in [-0.05, 0) is 47.0 Å². The molecule has 10 nitrogen and oxygen atoms in total. The molecule has 0 bridgehead atoms. The van der Waals surface area contributed by atoms with E-state index < -0.39 is 29.7 Å². The Labute approximate surface area is 243 Å². The van der Waals surface area contributed by atoms with Crippen molar-refractivity contribution in [3.8, 4) is 11.5 Å². The Hall–Kier alpha value is -4.51. The van der Waals surface area contributed by atoms with Gasteiger partial charge in [0.05, 0.1) is 26.9 Å². The summed E-state index contributed by atoms with van der Waals surface area (Å²) < 4.78 is 25.1. The number of carbonyl (C=O) groups excluding carboxylic acids is 1. The molecule has 3 aromatic carbocycles. The SMILES string of the molecule is COc1ccc(C(OC[C@H]2O[C@@H](n3ccc(NC(C)=O)nc3=O)CC2O)(c2ccccc2)c2ccc(OC)cc2)cc1. The van der Waals surface area contributed by atoms with Gasteiger partial charge in [0.2, 0.25) is 5.91 Å². The van der Waals surface area contributed by atoms with Crippen molar-refractivity contribution in [2.24, 2.45) is 0 Å². The summed E-state index contributed by atoms with van der Waals surface area (Å²) in [5, 5.41) is 13.5. The molecule has 0 spiro atoms. The molecule has 1 aliphatic heterocycles. The fraction of sp³-hybridized carbons (Fsp3) is 0.281. The maximum atomic E-state index is 12.7. The van der Waals surface area contributed by atoms with Crippen LogP contribution >= 0.6 is 0 Å². The summed E-state index contributed by atoms with van der Waals surface area (Å²) in [4.78, 5) is 27.9. The maximum absolute atomic E-state index is 12.7. The third kappa shape index (κ3) is 5.91. The van der Waals surface area contributed by atoms with Crippen LogP contribution < -0.4 is 20.5 Å². The summed E-state index contributed by atoms with van der Waals surface area (Å²) in [6.07, 6.45) is -0.746. The van der Waals surface area contributed by atoms with Gasteiger partial charge in [-0.1, -0.05) is 54.6 Å². The molecule has 4 aromatic rings. The third-order valence-electron chi connectivity index (χ3n) is 7.29. The zero-order chi connectivity index (χ0) is 29.7. The highest BCUT2D eigenvalue weighted by atomic mass is 16.6. The largest absolute Gasteiger partial charge is 0.497 e. The second kappa shape index (κ2) is 12.6. The lowest BCUT2D eigenvalue weighted by Crippen LogP contribution is -2.38. The number of anilines is 1. The highest BCUT2D eigenvalue weighted by molar-refractivity contribution is 5.87. The first-order valence-corrected chi connectivity index (χ1v) is 13.5. The number of hydrogen-bond acceptors (Lipinski definition) is 8. The van der Waals surface area contributed by atoms with Crippen LogP contribution in [-0.4, -0.2) is 53.6 Å². The summed E-state index contributed by atoms with van der Waals surface area (Å²) in [6, 6.07) is 26.6. The number of nitrogens with one attached hydrogen (secondary N) is 1. The normalized spacial score (nSPS) is 18.4. The minimum absolute atomic E-state index is 0.0107. The van der Waals surface area contributed by atoms with Gasteiger partial charge in [-0.3, -0.25) is 9.36 Å². The van der Waals surface area contributed by atoms with Crippen molar-refractivity contribution in [1.29, 1.82) is 0 Å². The van der Waals surface area contributed by atoms with Crippen LogP contribution in [-0.2, 0) is 19.9 Å². The predicted octanol–water partition coefficient (Wildman–Crippen LogP) is 3.88. The molecule has 42 heavy (non-hydrogen) atoms. The first-order chi connectivity index (χ1) is 20.3. The average molecular weight is 572 g/mol. The molecule has 1 aromatic heterocycles. The minimum Gasteiger partial charge on any atom is -0.497 e. The summed E-state index contributed by atoms with van der Waals surface area (Å²) in [6.45, 7) is 1.35. The predicted molar refractivity (Wildman–Crippen MR) is 156 cm³/mol. The molecule has 2 N–H and O–H groups in total.